The summed E-state index contributed by atoms with van der Waals surface area (Å²) in [6.45, 7) is 3.03. The van der Waals surface area contributed by atoms with Crippen LogP contribution in [-0.4, -0.2) is 30.9 Å². The zero-order chi connectivity index (χ0) is 12.0. The third kappa shape index (κ3) is 3.51. The van der Waals surface area contributed by atoms with Gasteiger partial charge in [-0.2, -0.15) is 0 Å². The Hall–Kier alpha value is -1.62. The highest BCUT2D eigenvalue weighted by Crippen LogP contribution is 2.18. The molecule has 1 aromatic carbocycles. The van der Waals surface area contributed by atoms with E-state index >= 15 is 0 Å². The van der Waals surface area contributed by atoms with E-state index in [4.69, 9.17) is 14.6 Å². The Morgan fingerprint density at radius 2 is 2.19 bits per heavy atom. The Labute approximate surface area is 92.6 Å². The molecule has 5 heteroatoms. The molecule has 0 bridgehead atoms. The number of halogens is 1. The fourth-order valence-electron chi connectivity index (χ4n) is 1.11. The van der Waals surface area contributed by atoms with Gasteiger partial charge < -0.3 is 14.6 Å². The van der Waals surface area contributed by atoms with Crippen molar-refractivity contribution in [1.82, 2.24) is 0 Å². The Bertz CT molecular complexity index is 365. The van der Waals surface area contributed by atoms with Gasteiger partial charge in [-0.15, -0.1) is 0 Å². The maximum atomic E-state index is 13.3. The van der Waals surface area contributed by atoms with Gasteiger partial charge in [-0.25, -0.2) is 9.18 Å². The minimum atomic E-state index is -1.17. The second-order valence-electron chi connectivity index (χ2n) is 3.00. The number of carboxylic acid groups (broad SMARTS) is 1. The van der Waals surface area contributed by atoms with Crippen LogP contribution in [0.4, 0.5) is 4.39 Å². The van der Waals surface area contributed by atoms with E-state index in [9.17, 15) is 9.18 Å². The monoisotopic (exact) mass is 228 g/mol. The summed E-state index contributed by atoms with van der Waals surface area (Å²) in [6.07, 6.45) is 0. The fraction of sp³-hybridized carbons (Fsp3) is 0.364. The van der Waals surface area contributed by atoms with E-state index in [1.54, 1.807) is 0 Å². The number of ether oxygens (including phenoxy) is 2. The number of rotatable bonds is 6. The van der Waals surface area contributed by atoms with Gasteiger partial charge in [-0.3, -0.25) is 0 Å². The quantitative estimate of drug-likeness (QED) is 0.756. The average molecular weight is 228 g/mol. The topological polar surface area (TPSA) is 55.8 Å². The molecule has 0 aliphatic heterocycles. The van der Waals surface area contributed by atoms with Gasteiger partial charge in [0.15, 0.2) is 11.6 Å². The molecule has 0 radical (unpaired) electrons. The minimum absolute atomic E-state index is 0.0321. The van der Waals surface area contributed by atoms with Crippen molar-refractivity contribution < 1.29 is 23.8 Å². The lowest BCUT2D eigenvalue weighted by atomic mass is 10.2. The lowest BCUT2D eigenvalue weighted by Crippen LogP contribution is -2.07. The molecule has 1 rings (SSSR count). The second kappa shape index (κ2) is 6.07. The summed E-state index contributed by atoms with van der Waals surface area (Å²) in [7, 11) is 0. The van der Waals surface area contributed by atoms with Crippen LogP contribution >= 0.6 is 0 Å². The van der Waals surface area contributed by atoms with E-state index in [-0.39, 0.29) is 17.9 Å². The van der Waals surface area contributed by atoms with Crippen LogP contribution in [0, 0.1) is 5.82 Å². The van der Waals surface area contributed by atoms with Gasteiger partial charge in [0.1, 0.15) is 6.61 Å². The average Bonchev–Trinajstić information content (AvgIpc) is 2.26. The molecule has 0 saturated heterocycles. The van der Waals surface area contributed by atoms with Gasteiger partial charge in [-0.1, -0.05) is 0 Å². The number of hydrogen-bond acceptors (Lipinski definition) is 3. The highest BCUT2D eigenvalue weighted by Gasteiger charge is 2.08. The number of carbonyl (C=O) groups is 1. The van der Waals surface area contributed by atoms with Gasteiger partial charge in [0.05, 0.1) is 12.2 Å². The van der Waals surface area contributed by atoms with Crippen molar-refractivity contribution in [3.05, 3.63) is 29.6 Å². The van der Waals surface area contributed by atoms with E-state index in [2.05, 4.69) is 0 Å². The van der Waals surface area contributed by atoms with Crippen LogP contribution in [0.3, 0.4) is 0 Å². The maximum absolute atomic E-state index is 13.3. The molecule has 0 heterocycles. The first kappa shape index (κ1) is 12.4. The zero-order valence-electron chi connectivity index (χ0n) is 8.90. The van der Waals surface area contributed by atoms with Crippen LogP contribution in [0.5, 0.6) is 5.75 Å². The molecule has 0 amide bonds. The summed E-state index contributed by atoms with van der Waals surface area (Å²) in [6, 6.07) is 3.52. The number of aromatic carboxylic acids is 1. The largest absolute Gasteiger partial charge is 0.488 e. The molecule has 0 spiro atoms. The molecule has 0 aliphatic rings. The molecular formula is C11H13FO4. The first-order chi connectivity index (χ1) is 7.65. The Morgan fingerprint density at radius 3 is 2.75 bits per heavy atom. The van der Waals surface area contributed by atoms with Gasteiger partial charge in [0.2, 0.25) is 0 Å². The molecule has 0 unspecified atom stereocenters. The van der Waals surface area contributed by atoms with E-state index in [0.717, 1.165) is 6.07 Å². The van der Waals surface area contributed by atoms with Crippen molar-refractivity contribution in [2.75, 3.05) is 19.8 Å². The summed E-state index contributed by atoms with van der Waals surface area (Å²) in [5.41, 5.74) is -0.102. The van der Waals surface area contributed by atoms with Crippen LogP contribution in [0.25, 0.3) is 0 Å². The Morgan fingerprint density at radius 1 is 1.44 bits per heavy atom. The van der Waals surface area contributed by atoms with Crippen molar-refractivity contribution in [3.63, 3.8) is 0 Å². The molecule has 0 atom stereocenters. The van der Waals surface area contributed by atoms with E-state index in [0.29, 0.717) is 13.2 Å². The van der Waals surface area contributed by atoms with E-state index in [1.165, 1.54) is 12.1 Å². The Kier molecular flexibility index (Phi) is 4.72. The van der Waals surface area contributed by atoms with Crippen molar-refractivity contribution >= 4 is 5.97 Å². The summed E-state index contributed by atoms with van der Waals surface area (Å²) in [5.74, 6) is -1.82. The van der Waals surface area contributed by atoms with Gasteiger partial charge in [-0.05, 0) is 25.1 Å². The van der Waals surface area contributed by atoms with Crippen molar-refractivity contribution in [2.24, 2.45) is 0 Å². The summed E-state index contributed by atoms with van der Waals surface area (Å²) >= 11 is 0. The second-order valence-corrected chi connectivity index (χ2v) is 3.00. The van der Waals surface area contributed by atoms with Crippen LogP contribution in [0.15, 0.2) is 18.2 Å². The standard InChI is InChI=1S/C11H13FO4/c1-2-15-5-6-16-10-4-3-8(11(13)14)7-9(10)12/h3-4,7H,2,5-6H2,1H3,(H,13,14). The fourth-order valence-corrected chi connectivity index (χ4v) is 1.11. The molecule has 88 valence electrons. The SMILES string of the molecule is CCOCCOc1ccc(C(=O)O)cc1F. The molecule has 0 saturated carbocycles. The molecular weight excluding hydrogens is 215 g/mol. The van der Waals surface area contributed by atoms with Gasteiger partial charge in [0, 0.05) is 6.61 Å². The van der Waals surface area contributed by atoms with E-state index < -0.39 is 11.8 Å². The Balaban J connectivity index is 2.57. The molecule has 16 heavy (non-hydrogen) atoms. The molecule has 4 nitrogen and oxygen atoms in total. The van der Waals surface area contributed by atoms with Crippen molar-refractivity contribution in [1.29, 1.82) is 0 Å². The molecule has 1 aromatic rings. The van der Waals surface area contributed by atoms with Crippen molar-refractivity contribution in [2.45, 2.75) is 6.92 Å². The molecule has 1 N–H and O–H groups in total. The van der Waals surface area contributed by atoms with Gasteiger partial charge in [0.25, 0.3) is 0 Å². The van der Waals surface area contributed by atoms with Gasteiger partial charge >= 0.3 is 5.97 Å². The zero-order valence-corrected chi connectivity index (χ0v) is 8.90. The van der Waals surface area contributed by atoms with E-state index in [1.807, 2.05) is 6.92 Å². The third-order valence-electron chi connectivity index (χ3n) is 1.87. The van der Waals surface area contributed by atoms with Crippen molar-refractivity contribution in [3.8, 4) is 5.75 Å². The smallest absolute Gasteiger partial charge is 0.335 e. The highest BCUT2D eigenvalue weighted by atomic mass is 19.1. The van der Waals surface area contributed by atoms with Crippen LogP contribution in [0.2, 0.25) is 0 Å². The minimum Gasteiger partial charge on any atom is -0.488 e. The predicted molar refractivity (Wildman–Crippen MR) is 55.3 cm³/mol. The van der Waals surface area contributed by atoms with Crippen LogP contribution in [0.1, 0.15) is 17.3 Å². The first-order valence-corrected chi connectivity index (χ1v) is 4.88. The number of carboxylic acids is 1. The molecule has 0 aromatic heterocycles. The number of benzene rings is 1. The number of hydrogen-bond donors (Lipinski definition) is 1. The first-order valence-electron chi connectivity index (χ1n) is 4.88. The maximum Gasteiger partial charge on any atom is 0.335 e. The summed E-state index contributed by atoms with van der Waals surface area (Å²) in [5, 5.41) is 8.62. The normalized spacial score (nSPS) is 10.1. The molecule has 0 aliphatic carbocycles. The van der Waals surface area contributed by atoms with Crippen LogP contribution < -0.4 is 4.74 Å². The van der Waals surface area contributed by atoms with Crippen LogP contribution in [-0.2, 0) is 4.74 Å². The third-order valence-corrected chi connectivity index (χ3v) is 1.87. The lowest BCUT2D eigenvalue weighted by molar-refractivity contribution is 0.0696. The highest BCUT2D eigenvalue weighted by molar-refractivity contribution is 5.87. The predicted octanol–water partition coefficient (Wildman–Crippen LogP) is 1.94. The molecule has 0 fully saturated rings. The summed E-state index contributed by atoms with van der Waals surface area (Å²) in [4.78, 5) is 10.5. The lowest BCUT2D eigenvalue weighted by Gasteiger charge is -2.07. The summed E-state index contributed by atoms with van der Waals surface area (Å²) < 4.78 is 23.4.